The molecule has 1 aliphatic rings. The fraction of sp³-hybridized carbons (Fsp3) is 0.391. The molecular formula is C23H22ClF4N3O3. The Bertz CT molecular complexity index is 1200. The van der Waals surface area contributed by atoms with Gasteiger partial charge in [0, 0.05) is 22.9 Å². The third kappa shape index (κ3) is 4.69. The summed E-state index contributed by atoms with van der Waals surface area (Å²) < 4.78 is 63.2. The second-order valence-electron chi connectivity index (χ2n) is 8.88. The van der Waals surface area contributed by atoms with Crippen LogP contribution in [0.15, 0.2) is 30.6 Å². The van der Waals surface area contributed by atoms with Crippen LogP contribution in [0.5, 0.6) is 0 Å². The highest BCUT2D eigenvalue weighted by Gasteiger charge is 2.41. The average Bonchev–Trinajstić information content (AvgIpc) is 3.27. The van der Waals surface area contributed by atoms with Crippen molar-refractivity contribution in [1.29, 1.82) is 0 Å². The van der Waals surface area contributed by atoms with E-state index in [4.69, 9.17) is 16.3 Å². The van der Waals surface area contributed by atoms with Crippen LogP contribution in [0.3, 0.4) is 0 Å². The molecule has 3 aromatic rings. The van der Waals surface area contributed by atoms with E-state index < -0.39 is 41.4 Å². The number of hydrogen-bond donors (Lipinski definition) is 2. The number of nitrogens with one attached hydrogen (secondary N) is 1. The predicted molar refractivity (Wildman–Crippen MR) is 117 cm³/mol. The average molecular weight is 500 g/mol. The van der Waals surface area contributed by atoms with Gasteiger partial charge in [0.15, 0.2) is 5.69 Å². The molecule has 2 heterocycles. The summed E-state index contributed by atoms with van der Waals surface area (Å²) in [4.78, 5) is 15.8. The first-order valence-corrected chi connectivity index (χ1v) is 11.0. The molecule has 182 valence electrons. The molecule has 34 heavy (non-hydrogen) atoms. The lowest BCUT2D eigenvalue weighted by molar-refractivity contribution is -0.144. The van der Waals surface area contributed by atoms with Gasteiger partial charge in [-0.05, 0) is 45.2 Å². The highest BCUT2D eigenvalue weighted by molar-refractivity contribution is 6.33. The predicted octanol–water partition coefficient (Wildman–Crippen LogP) is 5.84. The van der Waals surface area contributed by atoms with Crippen molar-refractivity contribution in [3.8, 4) is 22.4 Å². The molecule has 0 radical (unpaired) electrons. The second kappa shape index (κ2) is 8.74. The van der Waals surface area contributed by atoms with E-state index in [-0.39, 0.29) is 33.5 Å². The Morgan fingerprint density at radius 3 is 2.56 bits per heavy atom. The molecule has 0 amide bonds. The van der Waals surface area contributed by atoms with E-state index in [0.29, 0.717) is 17.5 Å². The van der Waals surface area contributed by atoms with E-state index in [9.17, 15) is 27.5 Å². The number of H-pyrrole nitrogens is 1. The standard InChI is InChI=1S/C23H22ClF4N3O3/c1-22(2,33)11-31-20(23(26,27)28)14(10-30-31)19-18(21(32)34-12-5-3-6-12)13(9-29-19)17-15(24)7-4-8-16(17)25/h4,7-10,12,29,33H,3,5-6,11H2,1-2H3. The van der Waals surface area contributed by atoms with Gasteiger partial charge in [0.05, 0.1) is 34.6 Å². The van der Waals surface area contributed by atoms with E-state index in [1.54, 1.807) is 0 Å². The topological polar surface area (TPSA) is 80.1 Å². The van der Waals surface area contributed by atoms with Crippen molar-refractivity contribution in [3.05, 3.63) is 52.7 Å². The molecular weight excluding hydrogens is 478 g/mol. The molecule has 6 nitrogen and oxygen atoms in total. The minimum atomic E-state index is -4.87. The summed E-state index contributed by atoms with van der Waals surface area (Å²) in [5, 5.41) is 13.9. The fourth-order valence-corrected chi connectivity index (χ4v) is 4.12. The van der Waals surface area contributed by atoms with Gasteiger partial charge < -0.3 is 14.8 Å². The molecule has 4 rings (SSSR count). The first kappa shape index (κ1) is 24.3. The Kier molecular flexibility index (Phi) is 6.24. The Morgan fingerprint density at radius 2 is 2.00 bits per heavy atom. The van der Waals surface area contributed by atoms with Crippen LogP contribution in [-0.4, -0.2) is 37.5 Å². The SMILES string of the molecule is CC(C)(O)Cn1ncc(-c2[nH]cc(-c3c(F)cccc3Cl)c2C(=O)OC2CCC2)c1C(F)(F)F. The number of aliphatic hydroxyl groups is 1. The van der Waals surface area contributed by atoms with Crippen LogP contribution in [0.2, 0.25) is 5.02 Å². The van der Waals surface area contributed by atoms with Crippen LogP contribution < -0.4 is 0 Å². The number of hydrogen-bond acceptors (Lipinski definition) is 4. The molecule has 11 heteroatoms. The van der Waals surface area contributed by atoms with Gasteiger partial charge >= 0.3 is 12.1 Å². The van der Waals surface area contributed by atoms with Crippen molar-refractivity contribution >= 4 is 17.6 Å². The summed E-state index contributed by atoms with van der Waals surface area (Å²) in [6.07, 6.45) is -0.910. The second-order valence-corrected chi connectivity index (χ2v) is 9.29. The number of ether oxygens (including phenoxy) is 1. The van der Waals surface area contributed by atoms with Crippen LogP contribution in [0.4, 0.5) is 17.6 Å². The summed E-state index contributed by atoms with van der Waals surface area (Å²) in [6, 6.07) is 3.93. The van der Waals surface area contributed by atoms with Gasteiger partial charge in [0.25, 0.3) is 0 Å². The minimum Gasteiger partial charge on any atom is -0.459 e. The number of benzene rings is 1. The maximum absolute atomic E-state index is 14.7. The van der Waals surface area contributed by atoms with E-state index in [0.717, 1.165) is 18.7 Å². The normalized spacial score (nSPS) is 14.8. The summed E-state index contributed by atoms with van der Waals surface area (Å²) in [5.74, 6) is -1.64. The van der Waals surface area contributed by atoms with Crippen LogP contribution in [-0.2, 0) is 17.5 Å². The first-order valence-electron chi connectivity index (χ1n) is 10.6. The molecule has 1 fully saturated rings. The molecule has 1 saturated carbocycles. The van der Waals surface area contributed by atoms with Gasteiger partial charge in [-0.2, -0.15) is 18.3 Å². The quantitative estimate of drug-likeness (QED) is 0.330. The highest BCUT2D eigenvalue weighted by atomic mass is 35.5. The maximum Gasteiger partial charge on any atom is 0.433 e. The zero-order valence-corrected chi connectivity index (χ0v) is 19.1. The molecule has 0 saturated heterocycles. The molecule has 2 aromatic heterocycles. The molecule has 0 spiro atoms. The number of carbonyl (C=O) groups excluding carboxylic acids is 1. The molecule has 0 atom stereocenters. The van der Waals surface area contributed by atoms with Gasteiger partial charge in [-0.25, -0.2) is 9.18 Å². The lowest BCUT2D eigenvalue weighted by atomic mass is 9.95. The largest absolute Gasteiger partial charge is 0.459 e. The number of nitrogens with zero attached hydrogens (tertiary/aromatic N) is 2. The van der Waals surface area contributed by atoms with Crippen molar-refractivity contribution in [2.24, 2.45) is 0 Å². The van der Waals surface area contributed by atoms with Crippen molar-refractivity contribution in [1.82, 2.24) is 14.8 Å². The third-order valence-electron chi connectivity index (χ3n) is 5.56. The van der Waals surface area contributed by atoms with E-state index in [2.05, 4.69) is 10.1 Å². The van der Waals surface area contributed by atoms with Crippen LogP contribution in [0.25, 0.3) is 22.4 Å². The van der Waals surface area contributed by atoms with Crippen LogP contribution in [0.1, 0.15) is 49.2 Å². The van der Waals surface area contributed by atoms with E-state index >= 15 is 0 Å². The summed E-state index contributed by atoms with van der Waals surface area (Å²) in [7, 11) is 0. The van der Waals surface area contributed by atoms with E-state index in [1.165, 1.54) is 32.2 Å². The lowest BCUT2D eigenvalue weighted by Crippen LogP contribution is -2.29. The third-order valence-corrected chi connectivity index (χ3v) is 5.87. The Labute approximate surface area is 197 Å². The number of rotatable bonds is 6. The summed E-state index contributed by atoms with van der Waals surface area (Å²) in [6.45, 7) is 2.25. The van der Waals surface area contributed by atoms with Crippen molar-refractivity contribution in [2.75, 3.05) is 0 Å². The van der Waals surface area contributed by atoms with Gasteiger partial charge in [-0.3, -0.25) is 4.68 Å². The van der Waals surface area contributed by atoms with Crippen molar-refractivity contribution in [3.63, 3.8) is 0 Å². The molecule has 0 aliphatic heterocycles. The first-order chi connectivity index (χ1) is 15.9. The molecule has 1 aliphatic carbocycles. The van der Waals surface area contributed by atoms with Gasteiger partial charge in [-0.15, -0.1) is 0 Å². The number of aromatic amines is 1. The van der Waals surface area contributed by atoms with Crippen molar-refractivity contribution < 1.29 is 32.2 Å². The van der Waals surface area contributed by atoms with Gasteiger partial charge in [-0.1, -0.05) is 17.7 Å². The zero-order valence-electron chi connectivity index (χ0n) is 18.3. The minimum absolute atomic E-state index is 0.0167. The number of esters is 1. The summed E-state index contributed by atoms with van der Waals surface area (Å²) >= 11 is 6.19. The number of halogens is 5. The highest BCUT2D eigenvalue weighted by Crippen LogP contribution is 2.43. The monoisotopic (exact) mass is 499 g/mol. The van der Waals surface area contributed by atoms with Crippen LogP contribution >= 0.6 is 11.6 Å². The molecule has 1 aromatic carbocycles. The molecule has 0 unspecified atom stereocenters. The maximum atomic E-state index is 14.7. The van der Waals surface area contributed by atoms with Gasteiger partial charge in [0.2, 0.25) is 0 Å². The molecule has 2 N–H and O–H groups in total. The summed E-state index contributed by atoms with van der Waals surface area (Å²) in [5.41, 5.74) is -3.75. The number of alkyl halides is 3. The van der Waals surface area contributed by atoms with Crippen LogP contribution in [0, 0.1) is 5.82 Å². The number of aromatic nitrogens is 3. The smallest absolute Gasteiger partial charge is 0.433 e. The number of carbonyl (C=O) groups is 1. The molecule has 0 bridgehead atoms. The Hall–Kier alpha value is -2.85. The van der Waals surface area contributed by atoms with Crippen molar-refractivity contribution in [2.45, 2.75) is 57.5 Å². The van der Waals surface area contributed by atoms with E-state index in [1.807, 2.05) is 0 Å². The Morgan fingerprint density at radius 1 is 1.29 bits per heavy atom. The Balaban J connectivity index is 1.92. The fourth-order valence-electron chi connectivity index (χ4n) is 3.85. The van der Waals surface area contributed by atoms with Gasteiger partial charge in [0.1, 0.15) is 11.9 Å². The zero-order chi connectivity index (χ0) is 24.8. The lowest BCUT2D eigenvalue weighted by Gasteiger charge is -2.25.